The largest absolute Gasteiger partial charge is 0.481 e. The summed E-state index contributed by atoms with van der Waals surface area (Å²) in [6.45, 7) is 2.43. The van der Waals surface area contributed by atoms with Crippen LogP contribution in [0.15, 0.2) is 53.4 Å². The first kappa shape index (κ1) is 19.4. The average Bonchev–Trinajstić information content (AvgIpc) is 3.09. The Morgan fingerprint density at radius 2 is 1.89 bits per heavy atom. The molecule has 0 saturated heterocycles. The number of ether oxygens (including phenoxy) is 1. The van der Waals surface area contributed by atoms with E-state index >= 15 is 0 Å². The fourth-order valence-electron chi connectivity index (χ4n) is 3.12. The second-order valence-corrected chi connectivity index (χ2v) is 8.80. The molecular weight excluding hydrogens is 364 g/mol. The maximum Gasteiger partial charge on any atom is 0.268 e. The molecule has 6 nitrogen and oxygen atoms in total. The number of benzene rings is 2. The predicted molar refractivity (Wildman–Crippen MR) is 105 cm³/mol. The first-order valence-electron chi connectivity index (χ1n) is 8.93. The summed E-state index contributed by atoms with van der Waals surface area (Å²) < 4.78 is 31.7. The molecule has 2 aromatic rings. The number of para-hydroxylation sites is 1. The minimum atomic E-state index is -3.49. The van der Waals surface area contributed by atoms with Crippen LogP contribution in [0.2, 0.25) is 0 Å². The Hall–Kier alpha value is -2.38. The third kappa shape index (κ3) is 3.84. The summed E-state index contributed by atoms with van der Waals surface area (Å²) in [5.74, 6) is 0.549. The third-order valence-corrected chi connectivity index (χ3v) is 6.47. The van der Waals surface area contributed by atoms with Crippen LogP contribution in [0.3, 0.4) is 0 Å². The average molecular weight is 388 g/mol. The summed E-state index contributed by atoms with van der Waals surface area (Å²) in [5, 5.41) is 0. The number of anilines is 1. The molecule has 1 aliphatic rings. The molecule has 0 aromatic heterocycles. The van der Waals surface area contributed by atoms with Gasteiger partial charge in [0.25, 0.3) is 5.91 Å². The number of carbonyl (C=O) groups is 1. The van der Waals surface area contributed by atoms with Crippen LogP contribution in [-0.2, 0) is 21.2 Å². The first-order chi connectivity index (χ1) is 12.8. The predicted octanol–water partition coefficient (Wildman–Crippen LogP) is 2.68. The number of hydrogen-bond donors (Lipinski definition) is 0. The maximum atomic E-state index is 13.0. The fourth-order valence-corrected chi connectivity index (χ4v) is 4.08. The van der Waals surface area contributed by atoms with Crippen LogP contribution in [0.4, 0.5) is 5.69 Å². The fraction of sp³-hybridized carbons (Fsp3) is 0.350. The number of fused-ring (bicyclic) bond motifs is 1. The molecule has 3 rings (SSSR count). The van der Waals surface area contributed by atoms with Gasteiger partial charge in [0.05, 0.1) is 4.90 Å². The molecule has 144 valence electrons. The molecule has 2 aromatic carbocycles. The molecule has 1 heterocycles. The van der Waals surface area contributed by atoms with Crippen LogP contribution in [0.25, 0.3) is 0 Å². The normalized spacial score (nSPS) is 14.9. The van der Waals surface area contributed by atoms with Gasteiger partial charge in [0.2, 0.25) is 10.0 Å². The van der Waals surface area contributed by atoms with Gasteiger partial charge >= 0.3 is 0 Å². The van der Waals surface area contributed by atoms with Gasteiger partial charge in [0, 0.05) is 26.3 Å². The Labute approximate surface area is 160 Å². The molecule has 1 aliphatic heterocycles. The van der Waals surface area contributed by atoms with E-state index in [2.05, 4.69) is 0 Å². The molecule has 0 aliphatic carbocycles. The van der Waals surface area contributed by atoms with Crippen molar-refractivity contribution in [1.29, 1.82) is 0 Å². The minimum absolute atomic E-state index is 0.108. The van der Waals surface area contributed by atoms with Crippen molar-refractivity contribution in [3.05, 3.63) is 54.1 Å². The van der Waals surface area contributed by atoms with Crippen molar-refractivity contribution in [2.75, 3.05) is 25.5 Å². The van der Waals surface area contributed by atoms with E-state index in [0.717, 1.165) is 11.3 Å². The highest BCUT2D eigenvalue weighted by atomic mass is 32.2. The van der Waals surface area contributed by atoms with Gasteiger partial charge in [-0.2, -0.15) is 0 Å². The van der Waals surface area contributed by atoms with Crippen molar-refractivity contribution in [1.82, 2.24) is 4.31 Å². The molecular formula is C20H24N2O4S. The van der Waals surface area contributed by atoms with Crippen molar-refractivity contribution in [2.45, 2.75) is 30.8 Å². The molecule has 0 saturated carbocycles. The smallest absolute Gasteiger partial charge is 0.268 e. The number of carbonyl (C=O) groups excluding carboxylic acids is 1. The quantitative estimate of drug-likeness (QED) is 0.763. The zero-order chi connectivity index (χ0) is 19.6. The third-order valence-electron chi connectivity index (χ3n) is 4.66. The summed E-state index contributed by atoms with van der Waals surface area (Å²) in [7, 11) is -0.482. The van der Waals surface area contributed by atoms with Gasteiger partial charge in [-0.3, -0.25) is 4.79 Å². The number of sulfonamides is 1. The highest BCUT2D eigenvalue weighted by Gasteiger charge is 2.31. The van der Waals surface area contributed by atoms with E-state index in [1.165, 1.54) is 18.4 Å². The van der Waals surface area contributed by atoms with Gasteiger partial charge in [-0.05, 0) is 48.7 Å². The van der Waals surface area contributed by atoms with E-state index in [1.54, 1.807) is 23.1 Å². The highest BCUT2D eigenvalue weighted by molar-refractivity contribution is 7.89. The van der Waals surface area contributed by atoms with Gasteiger partial charge in [-0.1, -0.05) is 25.1 Å². The first-order valence-corrected chi connectivity index (χ1v) is 10.4. The molecule has 27 heavy (non-hydrogen) atoms. The van der Waals surface area contributed by atoms with Crippen LogP contribution in [0, 0.1) is 0 Å². The second kappa shape index (κ2) is 7.70. The molecule has 0 bridgehead atoms. The molecule has 0 spiro atoms. The molecule has 1 atom stereocenters. The Morgan fingerprint density at radius 1 is 1.19 bits per heavy atom. The molecule has 7 heteroatoms. The van der Waals surface area contributed by atoms with Crippen LogP contribution < -0.4 is 9.64 Å². The summed E-state index contributed by atoms with van der Waals surface area (Å²) >= 11 is 0. The zero-order valence-electron chi connectivity index (χ0n) is 15.8. The van der Waals surface area contributed by atoms with Crippen molar-refractivity contribution in [3.8, 4) is 5.75 Å². The maximum absolute atomic E-state index is 13.0. The van der Waals surface area contributed by atoms with E-state index in [4.69, 9.17) is 4.74 Å². The Morgan fingerprint density at radius 3 is 2.52 bits per heavy atom. The van der Waals surface area contributed by atoms with Gasteiger partial charge in [0.15, 0.2) is 6.10 Å². The lowest BCUT2D eigenvalue weighted by Crippen LogP contribution is -2.41. The topological polar surface area (TPSA) is 66.9 Å². The Balaban J connectivity index is 1.83. The van der Waals surface area contributed by atoms with Crippen molar-refractivity contribution in [2.24, 2.45) is 0 Å². The minimum Gasteiger partial charge on any atom is -0.481 e. The lowest BCUT2D eigenvalue weighted by Gasteiger charge is -2.24. The molecule has 1 amide bonds. The van der Waals surface area contributed by atoms with Gasteiger partial charge in [-0.15, -0.1) is 0 Å². The lowest BCUT2D eigenvalue weighted by molar-refractivity contribution is -0.125. The summed E-state index contributed by atoms with van der Waals surface area (Å²) in [4.78, 5) is 14.9. The lowest BCUT2D eigenvalue weighted by atomic mass is 10.1. The van der Waals surface area contributed by atoms with E-state index in [0.29, 0.717) is 25.1 Å². The van der Waals surface area contributed by atoms with Crippen LogP contribution in [-0.4, -0.2) is 45.4 Å². The van der Waals surface area contributed by atoms with Gasteiger partial charge in [0.1, 0.15) is 5.75 Å². The molecule has 1 unspecified atom stereocenters. The van der Waals surface area contributed by atoms with Crippen molar-refractivity contribution < 1.29 is 17.9 Å². The SMILES string of the molecule is CCC(Oc1ccccc1)C(=O)N1CCc2cc(S(=O)(=O)N(C)C)ccc21. The van der Waals surface area contributed by atoms with Crippen LogP contribution >= 0.6 is 0 Å². The van der Waals surface area contributed by atoms with Crippen LogP contribution in [0.1, 0.15) is 18.9 Å². The number of amides is 1. The number of hydrogen-bond acceptors (Lipinski definition) is 4. The van der Waals surface area contributed by atoms with E-state index in [-0.39, 0.29) is 10.8 Å². The highest BCUT2D eigenvalue weighted by Crippen LogP contribution is 2.32. The molecule has 0 fully saturated rings. The van der Waals surface area contributed by atoms with Crippen molar-refractivity contribution >= 4 is 21.6 Å². The standard InChI is InChI=1S/C20H24N2O4S/c1-4-19(26-16-8-6-5-7-9-16)20(23)22-13-12-15-14-17(10-11-18(15)22)27(24,25)21(2)3/h5-11,14,19H,4,12-13H2,1-3H3. The summed E-state index contributed by atoms with van der Waals surface area (Å²) in [5.41, 5.74) is 1.62. The Bertz CT molecular complexity index is 926. The summed E-state index contributed by atoms with van der Waals surface area (Å²) in [6.07, 6.45) is 0.593. The Kier molecular flexibility index (Phi) is 5.53. The number of nitrogens with zero attached hydrogens (tertiary/aromatic N) is 2. The monoisotopic (exact) mass is 388 g/mol. The second-order valence-electron chi connectivity index (χ2n) is 6.65. The van der Waals surface area contributed by atoms with Crippen molar-refractivity contribution in [3.63, 3.8) is 0 Å². The van der Waals surface area contributed by atoms with E-state index in [9.17, 15) is 13.2 Å². The van der Waals surface area contributed by atoms with E-state index in [1.807, 2.05) is 37.3 Å². The number of rotatable bonds is 6. The zero-order valence-corrected chi connectivity index (χ0v) is 16.6. The molecule has 0 radical (unpaired) electrons. The van der Waals surface area contributed by atoms with Gasteiger partial charge in [-0.25, -0.2) is 12.7 Å². The molecule has 0 N–H and O–H groups in total. The summed E-state index contributed by atoms with van der Waals surface area (Å²) in [6, 6.07) is 14.2. The van der Waals surface area contributed by atoms with Gasteiger partial charge < -0.3 is 9.64 Å². The van der Waals surface area contributed by atoms with Crippen LogP contribution in [0.5, 0.6) is 5.75 Å². The van der Waals surface area contributed by atoms with E-state index < -0.39 is 16.1 Å².